The lowest BCUT2D eigenvalue weighted by atomic mass is 10.0. The fraction of sp³-hybridized carbons (Fsp3) is 0.133. The lowest BCUT2D eigenvalue weighted by Crippen LogP contribution is -2.43. The van der Waals surface area contributed by atoms with Crippen LogP contribution < -0.4 is 11.1 Å². The van der Waals surface area contributed by atoms with E-state index in [1.54, 1.807) is 24.3 Å². The van der Waals surface area contributed by atoms with E-state index in [-0.39, 0.29) is 11.3 Å². The van der Waals surface area contributed by atoms with Gasteiger partial charge in [-0.3, -0.25) is 9.59 Å². The molecule has 0 aromatic heterocycles. The summed E-state index contributed by atoms with van der Waals surface area (Å²) >= 11 is 0. The van der Waals surface area contributed by atoms with Gasteiger partial charge in [-0.2, -0.15) is 0 Å². The number of phenolic OH excluding ortho intramolecular Hbond substituents is 1. The number of rotatable bonds is 5. The van der Waals surface area contributed by atoms with Crippen molar-refractivity contribution in [1.82, 2.24) is 5.32 Å². The van der Waals surface area contributed by atoms with E-state index in [1.807, 2.05) is 0 Å². The molecule has 1 atom stereocenters. The number of carbonyl (C=O) groups excluding carboxylic acids is 2. The normalized spacial score (nSPS) is 11.8. The molecule has 2 aromatic carbocycles. The summed E-state index contributed by atoms with van der Waals surface area (Å²) in [5, 5.41) is 22.5. The number of amides is 2. The molecule has 0 fully saturated rings. The van der Waals surface area contributed by atoms with Gasteiger partial charge in [0.25, 0.3) is 5.91 Å². The van der Waals surface area contributed by atoms with Gasteiger partial charge in [0.1, 0.15) is 11.8 Å². The maximum Gasteiger partial charge on any atom is 0.326 e. The third-order valence-corrected chi connectivity index (χ3v) is 3.12. The smallest absolute Gasteiger partial charge is 0.326 e. The van der Waals surface area contributed by atoms with Crippen molar-refractivity contribution in [2.45, 2.75) is 12.5 Å². The molecule has 0 unspecified atom stereocenters. The Morgan fingerprint density at radius 3 is 2.27 bits per heavy atom. The molecule has 5 N–H and O–H groups in total. The predicted octanol–water partition coefficient (Wildman–Crippen LogP) is 0.604. The molecular weight excluding hydrogens is 288 g/mol. The molecule has 7 nitrogen and oxygen atoms in total. The van der Waals surface area contributed by atoms with Crippen LogP contribution in [0.25, 0.3) is 10.8 Å². The number of fused-ring (bicyclic) bond motifs is 1. The maximum atomic E-state index is 12.1. The van der Waals surface area contributed by atoms with E-state index in [0.29, 0.717) is 5.39 Å². The quantitative estimate of drug-likeness (QED) is 0.642. The molecule has 0 aliphatic carbocycles. The third kappa shape index (κ3) is 3.32. The van der Waals surface area contributed by atoms with E-state index in [9.17, 15) is 19.5 Å². The monoisotopic (exact) mass is 302 g/mol. The van der Waals surface area contributed by atoms with Crippen LogP contribution in [0.2, 0.25) is 0 Å². The highest BCUT2D eigenvalue weighted by Gasteiger charge is 2.24. The van der Waals surface area contributed by atoms with Gasteiger partial charge >= 0.3 is 5.97 Å². The van der Waals surface area contributed by atoms with Crippen molar-refractivity contribution in [2.75, 3.05) is 0 Å². The Balaban J connectivity index is 2.30. The molecule has 114 valence electrons. The average molecular weight is 302 g/mol. The Labute approximate surface area is 125 Å². The fourth-order valence-electron chi connectivity index (χ4n) is 2.05. The minimum absolute atomic E-state index is 0.0746. The molecule has 0 saturated carbocycles. The molecule has 2 aromatic rings. The summed E-state index contributed by atoms with van der Waals surface area (Å²) in [6.45, 7) is 0. The first-order chi connectivity index (χ1) is 10.4. The van der Waals surface area contributed by atoms with Crippen LogP contribution in [-0.4, -0.2) is 34.0 Å². The first kappa shape index (κ1) is 15.3. The van der Waals surface area contributed by atoms with Crippen molar-refractivity contribution in [3.63, 3.8) is 0 Å². The second-order valence-corrected chi connectivity index (χ2v) is 4.75. The summed E-state index contributed by atoms with van der Waals surface area (Å²) in [6, 6.07) is 8.49. The zero-order valence-electron chi connectivity index (χ0n) is 11.4. The van der Waals surface area contributed by atoms with Crippen LogP contribution >= 0.6 is 0 Å². The van der Waals surface area contributed by atoms with E-state index in [2.05, 4.69) is 5.32 Å². The molecule has 0 bridgehead atoms. The lowest BCUT2D eigenvalue weighted by molar-refractivity contribution is -0.140. The van der Waals surface area contributed by atoms with Gasteiger partial charge in [0.15, 0.2) is 0 Å². The molecule has 0 saturated heterocycles. The molecule has 2 amide bonds. The van der Waals surface area contributed by atoms with Crippen molar-refractivity contribution < 1.29 is 24.6 Å². The second kappa shape index (κ2) is 6.13. The van der Waals surface area contributed by atoms with Gasteiger partial charge in [0.05, 0.1) is 12.0 Å². The number of nitrogens with two attached hydrogens (primary N) is 1. The number of nitrogens with one attached hydrogen (secondary N) is 1. The highest BCUT2D eigenvalue weighted by atomic mass is 16.4. The average Bonchev–Trinajstić information content (AvgIpc) is 2.45. The summed E-state index contributed by atoms with van der Waals surface area (Å²) in [4.78, 5) is 34.0. The van der Waals surface area contributed by atoms with Crippen LogP contribution in [0.4, 0.5) is 0 Å². The largest absolute Gasteiger partial charge is 0.507 e. The minimum atomic E-state index is -1.45. The topological polar surface area (TPSA) is 130 Å². The Kier molecular flexibility index (Phi) is 4.26. The highest BCUT2D eigenvalue weighted by Crippen LogP contribution is 2.25. The van der Waals surface area contributed by atoms with E-state index in [4.69, 9.17) is 10.8 Å². The number of phenols is 1. The molecule has 22 heavy (non-hydrogen) atoms. The molecule has 0 aliphatic heterocycles. The van der Waals surface area contributed by atoms with Crippen LogP contribution in [0.3, 0.4) is 0 Å². The number of hydrogen-bond acceptors (Lipinski definition) is 4. The lowest BCUT2D eigenvalue weighted by Gasteiger charge is -2.14. The number of carboxylic acid groups (broad SMARTS) is 1. The van der Waals surface area contributed by atoms with E-state index < -0.39 is 30.2 Å². The van der Waals surface area contributed by atoms with Crippen molar-refractivity contribution in [2.24, 2.45) is 5.73 Å². The Bertz CT molecular complexity index is 757. The second-order valence-electron chi connectivity index (χ2n) is 4.75. The summed E-state index contributed by atoms with van der Waals surface area (Å²) < 4.78 is 0. The van der Waals surface area contributed by atoms with Crippen LogP contribution in [0.15, 0.2) is 36.4 Å². The zero-order valence-corrected chi connectivity index (χ0v) is 11.4. The van der Waals surface area contributed by atoms with Gasteiger partial charge in [-0.05, 0) is 22.9 Å². The van der Waals surface area contributed by atoms with Crippen LogP contribution in [0, 0.1) is 0 Å². The molecule has 0 aliphatic rings. The summed E-state index contributed by atoms with van der Waals surface area (Å²) in [5.74, 6) is -3.31. The SMILES string of the molecule is NC(=O)C[C@H](NC(=O)c1cc2ccccc2cc1O)C(=O)O. The van der Waals surface area contributed by atoms with Gasteiger partial charge < -0.3 is 21.3 Å². The molecule has 0 radical (unpaired) electrons. The van der Waals surface area contributed by atoms with Crippen LogP contribution in [-0.2, 0) is 9.59 Å². The number of hydrogen-bond donors (Lipinski definition) is 4. The molecule has 0 spiro atoms. The highest BCUT2D eigenvalue weighted by molar-refractivity contribution is 6.03. The van der Waals surface area contributed by atoms with Crippen LogP contribution in [0.1, 0.15) is 16.8 Å². The number of aliphatic carboxylic acids is 1. The number of carboxylic acids is 1. The van der Waals surface area contributed by atoms with E-state index >= 15 is 0 Å². The summed E-state index contributed by atoms with van der Waals surface area (Å²) in [6.07, 6.45) is -0.532. The maximum absolute atomic E-state index is 12.1. The molecule has 2 rings (SSSR count). The summed E-state index contributed by atoms with van der Waals surface area (Å²) in [7, 11) is 0. The standard InChI is InChI=1S/C15H14N2O5/c16-13(19)7-11(15(21)22)17-14(20)10-5-8-3-1-2-4-9(8)6-12(10)18/h1-6,11,18H,7H2,(H2,16,19)(H,17,20)(H,21,22)/t11-/m0/s1. The predicted molar refractivity (Wildman–Crippen MR) is 78.3 cm³/mol. The summed E-state index contributed by atoms with van der Waals surface area (Å²) in [5.41, 5.74) is 4.87. The first-order valence-corrected chi connectivity index (χ1v) is 6.42. The van der Waals surface area contributed by atoms with Crippen LogP contribution in [0.5, 0.6) is 5.75 Å². The molecular formula is C15H14N2O5. The molecule has 0 heterocycles. The van der Waals surface area contributed by atoms with E-state index in [1.165, 1.54) is 12.1 Å². The number of carbonyl (C=O) groups is 3. The van der Waals surface area contributed by atoms with E-state index in [0.717, 1.165) is 5.39 Å². The fourth-order valence-corrected chi connectivity index (χ4v) is 2.05. The van der Waals surface area contributed by atoms with Gasteiger partial charge in [0.2, 0.25) is 5.91 Å². The van der Waals surface area contributed by atoms with Gasteiger partial charge in [0, 0.05) is 0 Å². The van der Waals surface area contributed by atoms with Crippen molar-refractivity contribution >= 4 is 28.6 Å². The van der Waals surface area contributed by atoms with Crippen molar-refractivity contribution in [3.05, 3.63) is 42.0 Å². The van der Waals surface area contributed by atoms with Gasteiger partial charge in [-0.15, -0.1) is 0 Å². The van der Waals surface area contributed by atoms with Gasteiger partial charge in [-0.1, -0.05) is 24.3 Å². The Hall–Kier alpha value is -3.09. The minimum Gasteiger partial charge on any atom is -0.507 e. The first-order valence-electron chi connectivity index (χ1n) is 6.42. The molecule has 7 heteroatoms. The third-order valence-electron chi connectivity index (χ3n) is 3.12. The zero-order chi connectivity index (χ0) is 16.3. The number of aromatic hydroxyl groups is 1. The van der Waals surface area contributed by atoms with Crippen molar-refractivity contribution in [3.8, 4) is 5.75 Å². The Morgan fingerprint density at radius 2 is 1.73 bits per heavy atom. The number of primary amides is 1. The Morgan fingerprint density at radius 1 is 1.14 bits per heavy atom. The van der Waals surface area contributed by atoms with Crippen molar-refractivity contribution in [1.29, 1.82) is 0 Å². The number of benzene rings is 2. The van der Waals surface area contributed by atoms with Gasteiger partial charge in [-0.25, -0.2) is 4.79 Å².